The number of amides is 2. The predicted molar refractivity (Wildman–Crippen MR) is 93.5 cm³/mol. The van der Waals surface area contributed by atoms with Crippen LogP contribution in [0.5, 0.6) is 5.75 Å². The fourth-order valence-corrected chi connectivity index (χ4v) is 2.91. The number of hydrogen-bond donors (Lipinski definition) is 1. The summed E-state index contributed by atoms with van der Waals surface area (Å²) in [6.07, 6.45) is 0.177. The van der Waals surface area contributed by atoms with Gasteiger partial charge in [-0.1, -0.05) is 18.2 Å². The van der Waals surface area contributed by atoms with Crippen LogP contribution in [-0.4, -0.2) is 25.5 Å². The Morgan fingerprint density at radius 3 is 2.62 bits per heavy atom. The van der Waals surface area contributed by atoms with E-state index in [0.717, 1.165) is 17.0 Å². The molecule has 3 rings (SSSR count). The zero-order chi connectivity index (χ0) is 17.1. The second-order valence-electron chi connectivity index (χ2n) is 5.71. The second-order valence-corrected chi connectivity index (χ2v) is 5.71. The van der Waals surface area contributed by atoms with E-state index >= 15 is 0 Å². The van der Waals surface area contributed by atoms with Crippen molar-refractivity contribution in [2.75, 3.05) is 23.9 Å². The number of benzene rings is 2. The van der Waals surface area contributed by atoms with Crippen LogP contribution < -0.4 is 15.0 Å². The summed E-state index contributed by atoms with van der Waals surface area (Å²) < 4.78 is 5.39. The van der Waals surface area contributed by atoms with Gasteiger partial charge < -0.3 is 15.0 Å². The summed E-state index contributed by atoms with van der Waals surface area (Å²) in [5.41, 5.74) is 2.36. The highest BCUT2D eigenvalue weighted by molar-refractivity contribution is 6.05. The van der Waals surface area contributed by atoms with Crippen LogP contribution in [0.4, 0.5) is 11.4 Å². The number of nitrogens with zero attached hydrogens (tertiary/aromatic N) is 1. The molecule has 24 heavy (non-hydrogen) atoms. The van der Waals surface area contributed by atoms with Gasteiger partial charge in [0.15, 0.2) is 0 Å². The number of carbonyl (C=O) groups is 2. The third-order valence-corrected chi connectivity index (χ3v) is 4.18. The minimum Gasteiger partial charge on any atom is -0.494 e. The van der Waals surface area contributed by atoms with E-state index in [0.29, 0.717) is 12.3 Å². The molecule has 5 heteroatoms. The number of hydrogen-bond acceptors (Lipinski definition) is 3. The van der Waals surface area contributed by atoms with Gasteiger partial charge in [-0.3, -0.25) is 9.59 Å². The summed E-state index contributed by atoms with van der Waals surface area (Å²) >= 11 is 0. The van der Waals surface area contributed by atoms with Crippen molar-refractivity contribution in [2.45, 2.75) is 19.3 Å². The SMILES string of the molecule is CCOc1ccc(NC(=O)C2CC(=O)N(C)c3ccccc32)cc1. The standard InChI is InChI=1S/C19H20N2O3/c1-3-24-14-10-8-13(9-11-14)20-19(23)16-12-18(22)21(2)17-7-5-4-6-15(16)17/h4-11,16H,3,12H2,1-2H3,(H,20,23). The first kappa shape index (κ1) is 16.1. The van der Waals surface area contributed by atoms with Crippen LogP contribution in [0.1, 0.15) is 24.8 Å². The van der Waals surface area contributed by atoms with Crippen molar-refractivity contribution < 1.29 is 14.3 Å². The van der Waals surface area contributed by atoms with Crippen LogP contribution in [0.3, 0.4) is 0 Å². The highest BCUT2D eigenvalue weighted by Gasteiger charge is 2.33. The number of carbonyl (C=O) groups excluding carboxylic acids is 2. The second kappa shape index (κ2) is 6.74. The van der Waals surface area contributed by atoms with E-state index in [1.165, 1.54) is 0 Å². The molecule has 0 spiro atoms. The Morgan fingerprint density at radius 2 is 1.92 bits per heavy atom. The number of fused-ring (bicyclic) bond motifs is 1. The molecule has 1 aliphatic heterocycles. The molecule has 0 bridgehead atoms. The summed E-state index contributed by atoms with van der Waals surface area (Å²) in [6, 6.07) is 14.7. The average Bonchev–Trinajstić information content (AvgIpc) is 2.60. The summed E-state index contributed by atoms with van der Waals surface area (Å²) in [5, 5.41) is 2.89. The lowest BCUT2D eigenvalue weighted by Crippen LogP contribution is -2.37. The smallest absolute Gasteiger partial charge is 0.232 e. The van der Waals surface area contributed by atoms with E-state index in [1.807, 2.05) is 43.3 Å². The number of nitrogens with one attached hydrogen (secondary N) is 1. The number of anilines is 2. The van der Waals surface area contributed by atoms with Crippen molar-refractivity contribution in [3.8, 4) is 5.75 Å². The van der Waals surface area contributed by atoms with Gasteiger partial charge in [-0.05, 0) is 42.8 Å². The van der Waals surface area contributed by atoms with Crippen molar-refractivity contribution >= 4 is 23.2 Å². The van der Waals surface area contributed by atoms with E-state index in [1.54, 1.807) is 24.1 Å². The van der Waals surface area contributed by atoms with Gasteiger partial charge >= 0.3 is 0 Å². The summed E-state index contributed by atoms with van der Waals surface area (Å²) in [4.78, 5) is 26.5. The molecule has 0 saturated carbocycles. The van der Waals surface area contributed by atoms with Crippen molar-refractivity contribution in [3.05, 3.63) is 54.1 Å². The lowest BCUT2D eigenvalue weighted by atomic mass is 9.89. The maximum Gasteiger partial charge on any atom is 0.232 e. The van der Waals surface area contributed by atoms with Gasteiger partial charge in [-0.2, -0.15) is 0 Å². The van der Waals surface area contributed by atoms with Gasteiger partial charge in [0.25, 0.3) is 0 Å². The van der Waals surface area contributed by atoms with E-state index in [9.17, 15) is 9.59 Å². The van der Waals surface area contributed by atoms with Crippen LogP contribution in [0.25, 0.3) is 0 Å². The Balaban J connectivity index is 1.80. The normalized spacial score (nSPS) is 16.5. The van der Waals surface area contributed by atoms with Crippen molar-refractivity contribution in [1.29, 1.82) is 0 Å². The minimum absolute atomic E-state index is 0.0551. The van der Waals surface area contributed by atoms with E-state index in [-0.39, 0.29) is 18.2 Å². The molecule has 1 unspecified atom stereocenters. The Bertz CT molecular complexity index is 755. The molecule has 0 aliphatic carbocycles. The van der Waals surface area contributed by atoms with Crippen LogP contribution >= 0.6 is 0 Å². The zero-order valence-electron chi connectivity index (χ0n) is 13.8. The van der Waals surface area contributed by atoms with E-state index in [2.05, 4.69) is 5.32 Å². The molecule has 0 aromatic heterocycles. The molecular formula is C19H20N2O3. The molecule has 2 aromatic rings. The maximum absolute atomic E-state index is 12.7. The van der Waals surface area contributed by atoms with Crippen LogP contribution in [0.2, 0.25) is 0 Å². The Labute approximate surface area is 141 Å². The molecule has 2 aromatic carbocycles. The van der Waals surface area contributed by atoms with Gasteiger partial charge in [-0.25, -0.2) is 0 Å². The molecule has 1 atom stereocenters. The Kier molecular flexibility index (Phi) is 4.51. The van der Waals surface area contributed by atoms with Gasteiger partial charge in [0, 0.05) is 24.8 Å². The molecule has 5 nitrogen and oxygen atoms in total. The fourth-order valence-electron chi connectivity index (χ4n) is 2.91. The lowest BCUT2D eigenvalue weighted by Gasteiger charge is -2.30. The predicted octanol–water partition coefficient (Wildman–Crippen LogP) is 3.17. The largest absolute Gasteiger partial charge is 0.494 e. The number of rotatable bonds is 4. The van der Waals surface area contributed by atoms with Gasteiger partial charge in [0.1, 0.15) is 5.75 Å². The van der Waals surface area contributed by atoms with Gasteiger partial charge in [0.05, 0.1) is 12.5 Å². The van der Waals surface area contributed by atoms with Crippen LogP contribution in [0, 0.1) is 0 Å². The topological polar surface area (TPSA) is 58.6 Å². The third kappa shape index (κ3) is 3.11. The van der Waals surface area contributed by atoms with E-state index in [4.69, 9.17) is 4.74 Å². The molecule has 2 amide bonds. The Hall–Kier alpha value is -2.82. The van der Waals surface area contributed by atoms with E-state index < -0.39 is 5.92 Å². The van der Waals surface area contributed by atoms with Crippen molar-refractivity contribution in [3.63, 3.8) is 0 Å². The highest BCUT2D eigenvalue weighted by atomic mass is 16.5. The van der Waals surface area contributed by atoms with Crippen LogP contribution in [-0.2, 0) is 9.59 Å². The molecule has 0 radical (unpaired) electrons. The van der Waals surface area contributed by atoms with Crippen molar-refractivity contribution in [2.24, 2.45) is 0 Å². The fraction of sp³-hybridized carbons (Fsp3) is 0.263. The first-order valence-electron chi connectivity index (χ1n) is 7.99. The number of ether oxygens (including phenoxy) is 1. The zero-order valence-corrected chi connectivity index (χ0v) is 13.8. The average molecular weight is 324 g/mol. The Morgan fingerprint density at radius 1 is 1.21 bits per heavy atom. The maximum atomic E-state index is 12.7. The lowest BCUT2D eigenvalue weighted by molar-refractivity contribution is -0.124. The quantitative estimate of drug-likeness (QED) is 0.940. The first-order chi connectivity index (χ1) is 11.6. The molecule has 1 aliphatic rings. The first-order valence-corrected chi connectivity index (χ1v) is 7.99. The molecule has 0 saturated heterocycles. The minimum atomic E-state index is -0.475. The molecular weight excluding hydrogens is 304 g/mol. The molecule has 0 fully saturated rings. The molecule has 124 valence electrons. The third-order valence-electron chi connectivity index (χ3n) is 4.18. The molecule has 1 heterocycles. The summed E-state index contributed by atoms with van der Waals surface area (Å²) in [7, 11) is 1.74. The summed E-state index contributed by atoms with van der Waals surface area (Å²) in [6.45, 7) is 2.52. The van der Waals surface area contributed by atoms with Crippen molar-refractivity contribution in [1.82, 2.24) is 0 Å². The van der Waals surface area contributed by atoms with Gasteiger partial charge in [0.2, 0.25) is 11.8 Å². The van der Waals surface area contributed by atoms with Gasteiger partial charge in [-0.15, -0.1) is 0 Å². The molecule has 1 N–H and O–H groups in total. The highest BCUT2D eigenvalue weighted by Crippen LogP contribution is 2.35. The monoisotopic (exact) mass is 324 g/mol. The summed E-state index contributed by atoms with van der Waals surface area (Å²) in [5.74, 6) is 0.0559. The van der Waals surface area contributed by atoms with Crippen LogP contribution in [0.15, 0.2) is 48.5 Å². The number of para-hydroxylation sites is 1.